The summed E-state index contributed by atoms with van der Waals surface area (Å²) in [6.07, 6.45) is 0.768. The van der Waals surface area contributed by atoms with E-state index in [1.54, 1.807) is 17.0 Å². The second-order valence-corrected chi connectivity index (χ2v) is 5.19. The minimum Gasteiger partial charge on any atom is -0.350 e. The zero-order valence-electron chi connectivity index (χ0n) is 12.6. The zero-order chi connectivity index (χ0) is 16.4. The Labute approximate surface area is 131 Å². The lowest BCUT2D eigenvalue weighted by Crippen LogP contribution is -2.35. The normalized spacial score (nSPS) is 13.0. The maximum Gasteiger partial charge on any atom is 0.286 e. The summed E-state index contributed by atoms with van der Waals surface area (Å²) >= 11 is 0. The third-order valence-corrected chi connectivity index (χ3v) is 3.61. The molecule has 23 heavy (non-hydrogen) atoms. The Morgan fingerprint density at radius 1 is 1.26 bits per heavy atom. The highest BCUT2D eigenvalue weighted by molar-refractivity contribution is 5.91. The van der Waals surface area contributed by atoms with E-state index in [9.17, 15) is 14.0 Å². The highest BCUT2D eigenvalue weighted by Crippen LogP contribution is 2.26. The van der Waals surface area contributed by atoms with Crippen LogP contribution >= 0.6 is 0 Å². The monoisotopic (exact) mass is 317 g/mol. The highest BCUT2D eigenvalue weighted by atomic mass is 19.1. The van der Waals surface area contributed by atoms with Gasteiger partial charge in [0, 0.05) is 25.3 Å². The molecule has 0 bridgehead atoms. The predicted molar refractivity (Wildman–Crippen MR) is 82.3 cm³/mol. The molecule has 1 N–H and O–H groups in total. The molecule has 1 aliphatic rings. The molecule has 1 amide bonds. The number of amides is 1. The van der Waals surface area contributed by atoms with E-state index in [1.807, 2.05) is 6.92 Å². The molecule has 1 aromatic carbocycles. The third kappa shape index (κ3) is 2.79. The van der Waals surface area contributed by atoms with Crippen LogP contribution in [0.1, 0.15) is 23.8 Å². The molecule has 1 aromatic heterocycles. The van der Waals surface area contributed by atoms with Gasteiger partial charge >= 0.3 is 0 Å². The molecule has 0 radical (unpaired) electrons. The predicted octanol–water partition coefficient (Wildman–Crippen LogP) is 1.07. The molecule has 2 heterocycles. The third-order valence-electron chi connectivity index (χ3n) is 3.61. The summed E-state index contributed by atoms with van der Waals surface area (Å²) in [4.78, 5) is 26.1. The van der Waals surface area contributed by atoms with Gasteiger partial charge < -0.3 is 10.2 Å². The van der Waals surface area contributed by atoms with Crippen LogP contribution in [0.3, 0.4) is 0 Å². The van der Waals surface area contributed by atoms with Gasteiger partial charge in [0.2, 0.25) is 11.6 Å². The van der Waals surface area contributed by atoms with E-state index in [0.717, 1.165) is 12.1 Å². The standard InChI is InChI=1S/C15H16FN5O2/c1-2-7-17-13(22)12-14(23)21-9-8-20(15(21)19-18-12)11-5-3-10(16)4-6-11/h3-6H,2,7-9H2,1H3,(H,17,22). The van der Waals surface area contributed by atoms with Crippen LogP contribution in [0.2, 0.25) is 0 Å². The number of halogens is 1. The molecule has 0 saturated carbocycles. The van der Waals surface area contributed by atoms with Crippen molar-refractivity contribution in [1.82, 2.24) is 20.1 Å². The number of benzene rings is 1. The molecule has 1 aliphatic heterocycles. The molecule has 120 valence electrons. The van der Waals surface area contributed by atoms with Gasteiger partial charge in [-0.15, -0.1) is 10.2 Å². The molecule has 0 fully saturated rings. The lowest BCUT2D eigenvalue weighted by Gasteiger charge is -2.16. The first kappa shape index (κ1) is 15.1. The summed E-state index contributed by atoms with van der Waals surface area (Å²) in [6, 6.07) is 5.91. The second kappa shape index (κ2) is 6.15. The summed E-state index contributed by atoms with van der Waals surface area (Å²) in [5.41, 5.74) is 0.0471. The summed E-state index contributed by atoms with van der Waals surface area (Å²) in [5.74, 6) is -0.493. The maximum absolute atomic E-state index is 13.0. The van der Waals surface area contributed by atoms with Crippen LogP contribution in [-0.4, -0.2) is 33.8 Å². The molecule has 0 aliphatic carbocycles. The Morgan fingerprint density at radius 3 is 2.70 bits per heavy atom. The number of carbonyl (C=O) groups excluding carboxylic acids is 1. The van der Waals surface area contributed by atoms with Crippen LogP contribution < -0.4 is 15.8 Å². The van der Waals surface area contributed by atoms with E-state index in [2.05, 4.69) is 15.5 Å². The van der Waals surface area contributed by atoms with E-state index < -0.39 is 11.5 Å². The molecule has 3 rings (SSSR count). The fourth-order valence-electron chi connectivity index (χ4n) is 2.44. The van der Waals surface area contributed by atoms with Crippen LogP contribution in [0, 0.1) is 5.82 Å². The van der Waals surface area contributed by atoms with Crippen LogP contribution in [0.25, 0.3) is 0 Å². The number of fused-ring (bicyclic) bond motifs is 1. The van der Waals surface area contributed by atoms with Crippen molar-refractivity contribution in [3.05, 3.63) is 46.1 Å². The van der Waals surface area contributed by atoms with Crippen molar-refractivity contribution >= 4 is 17.5 Å². The minimum absolute atomic E-state index is 0.205. The SMILES string of the molecule is CCCNC(=O)c1nnc2n(c1=O)CCN2c1ccc(F)cc1. The molecule has 0 saturated heterocycles. The Kier molecular flexibility index (Phi) is 4.05. The van der Waals surface area contributed by atoms with Crippen LogP contribution in [0.4, 0.5) is 16.0 Å². The smallest absolute Gasteiger partial charge is 0.286 e. The Morgan fingerprint density at radius 2 is 2.00 bits per heavy atom. The summed E-state index contributed by atoms with van der Waals surface area (Å²) in [6.45, 7) is 3.30. The summed E-state index contributed by atoms with van der Waals surface area (Å²) in [7, 11) is 0. The van der Waals surface area contributed by atoms with Crippen molar-refractivity contribution in [2.24, 2.45) is 0 Å². The van der Waals surface area contributed by atoms with Crippen molar-refractivity contribution in [3.8, 4) is 0 Å². The van der Waals surface area contributed by atoms with Gasteiger partial charge in [0.05, 0.1) is 0 Å². The lowest BCUT2D eigenvalue weighted by molar-refractivity contribution is 0.0945. The quantitative estimate of drug-likeness (QED) is 0.912. The van der Waals surface area contributed by atoms with Crippen molar-refractivity contribution in [2.75, 3.05) is 18.0 Å². The van der Waals surface area contributed by atoms with E-state index in [1.165, 1.54) is 16.7 Å². The number of hydrogen-bond donors (Lipinski definition) is 1. The number of nitrogens with one attached hydrogen (secondary N) is 1. The van der Waals surface area contributed by atoms with E-state index in [4.69, 9.17) is 0 Å². The average molecular weight is 317 g/mol. The fraction of sp³-hybridized carbons (Fsp3) is 0.333. The molecular weight excluding hydrogens is 301 g/mol. The Hall–Kier alpha value is -2.77. The van der Waals surface area contributed by atoms with E-state index in [0.29, 0.717) is 25.6 Å². The van der Waals surface area contributed by atoms with Crippen LogP contribution in [0.5, 0.6) is 0 Å². The van der Waals surface area contributed by atoms with Gasteiger partial charge in [-0.05, 0) is 30.7 Å². The van der Waals surface area contributed by atoms with Crippen LogP contribution in [0.15, 0.2) is 29.1 Å². The lowest BCUT2D eigenvalue weighted by atomic mass is 10.3. The molecule has 8 heteroatoms. The van der Waals surface area contributed by atoms with Gasteiger partial charge in [0.1, 0.15) is 5.82 Å². The second-order valence-electron chi connectivity index (χ2n) is 5.19. The number of nitrogens with zero attached hydrogens (tertiary/aromatic N) is 4. The molecule has 2 aromatic rings. The topological polar surface area (TPSA) is 80.1 Å². The maximum atomic E-state index is 13.0. The van der Waals surface area contributed by atoms with Gasteiger partial charge in [-0.3, -0.25) is 14.2 Å². The van der Waals surface area contributed by atoms with Crippen molar-refractivity contribution in [2.45, 2.75) is 19.9 Å². The zero-order valence-corrected chi connectivity index (χ0v) is 12.6. The number of anilines is 2. The molecule has 7 nitrogen and oxygen atoms in total. The number of aromatic nitrogens is 3. The van der Waals surface area contributed by atoms with E-state index >= 15 is 0 Å². The Bertz CT molecular complexity index is 787. The van der Waals surface area contributed by atoms with Crippen molar-refractivity contribution < 1.29 is 9.18 Å². The molecule has 0 spiro atoms. The van der Waals surface area contributed by atoms with Gasteiger partial charge in [-0.2, -0.15) is 0 Å². The van der Waals surface area contributed by atoms with Gasteiger partial charge in [0.25, 0.3) is 11.5 Å². The van der Waals surface area contributed by atoms with Gasteiger partial charge in [-0.1, -0.05) is 6.92 Å². The first-order chi connectivity index (χ1) is 11.1. The van der Waals surface area contributed by atoms with Crippen molar-refractivity contribution in [3.63, 3.8) is 0 Å². The summed E-state index contributed by atoms with van der Waals surface area (Å²) < 4.78 is 14.4. The molecular formula is C15H16FN5O2. The average Bonchev–Trinajstić information content (AvgIpc) is 2.98. The number of rotatable bonds is 4. The molecule has 0 unspecified atom stereocenters. The largest absolute Gasteiger partial charge is 0.350 e. The highest BCUT2D eigenvalue weighted by Gasteiger charge is 2.27. The Balaban J connectivity index is 1.93. The molecule has 0 atom stereocenters. The van der Waals surface area contributed by atoms with Gasteiger partial charge in [-0.25, -0.2) is 4.39 Å². The first-order valence-electron chi connectivity index (χ1n) is 7.40. The van der Waals surface area contributed by atoms with Crippen molar-refractivity contribution in [1.29, 1.82) is 0 Å². The fourth-order valence-corrected chi connectivity index (χ4v) is 2.44. The summed E-state index contributed by atoms with van der Waals surface area (Å²) in [5, 5.41) is 10.4. The number of carbonyl (C=O) groups is 1. The van der Waals surface area contributed by atoms with Gasteiger partial charge in [0.15, 0.2) is 0 Å². The minimum atomic E-state index is -0.514. The van der Waals surface area contributed by atoms with Crippen LogP contribution in [-0.2, 0) is 6.54 Å². The number of hydrogen-bond acceptors (Lipinski definition) is 5. The first-order valence-corrected chi connectivity index (χ1v) is 7.40. The van der Waals surface area contributed by atoms with E-state index in [-0.39, 0.29) is 11.5 Å².